The predicted octanol–water partition coefficient (Wildman–Crippen LogP) is 4.07. The van der Waals surface area contributed by atoms with E-state index in [1.54, 1.807) is 0 Å². The van der Waals surface area contributed by atoms with E-state index >= 15 is 0 Å². The molecule has 0 aliphatic carbocycles. The van der Waals surface area contributed by atoms with Crippen LogP contribution in [0.2, 0.25) is 0 Å². The topological polar surface area (TPSA) is 47.0 Å². The van der Waals surface area contributed by atoms with Crippen molar-refractivity contribution in [3.8, 4) is 5.88 Å². The van der Waals surface area contributed by atoms with Crippen molar-refractivity contribution in [2.24, 2.45) is 5.92 Å². The van der Waals surface area contributed by atoms with Gasteiger partial charge in [0.05, 0.1) is 6.61 Å². The summed E-state index contributed by atoms with van der Waals surface area (Å²) >= 11 is 0. The maximum absolute atomic E-state index is 5.89. The summed E-state index contributed by atoms with van der Waals surface area (Å²) in [5, 5.41) is 3.07. The zero-order valence-electron chi connectivity index (χ0n) is 13.4. The van der Waals surface area contributed by atoms with Crippen molar-refractivity contribution in [1.82, 2.24) is 9.97 Å². The van der Waals surface area contributed by atoms with E-state index in [0.29, 0.717) is 11.8 Å². The van der Waals surface area contributed by atoms with Gasteiger partial charge in [-0.2, -0.15) is 4.98 Å². The molecule has 0 radical (unpaired) electrons. The molecular weight excluding hydrogens is 250 g/mol. The molecule has 1 unspecified atom stereocenters. The molecular formula is C16H29N3O. The minimum atomic E-state index is 0.623. The molecule has 1 atom stereocenters. The van der Waals surface area contributed by atoms with Gasteiger partial charge in [-0.15, -0.1) is 0 Å². The Morgan fingerprint density at radius 3 is 2.60 bits per heavy atom. The number of hydrogen-bond acceptors (Lipinski definition) is 4. The van der Waals surface area contributed by atoms with Gasteiger partial charge >= 0.3 is 0 Å². The Morgan fingerprint density at radius 1 is 1.20 bits per heavy atom. The number of aryl methyl sites for hydroxylation is 1. The largest absolute Gasteiger partial charge is 0.477 e. The summed E-state index contributed by atoms with van der Waals surface area (Å²) in [6, 6.07) is 1.88. The van der Waals surface area contributed by atoms with Gasteiger partial charge in [-0.05, 0) is 18.8 Å². The Balaban J connectivity index is 2.63. The van der Waals surface area contributed by atoms with E-state index in [0.717, 1.165) is 37.5 Å². The fourth-order valence-corrected chi connectivity index (χ4v) is 2.11. The van der Waals surface area contributed by atoms with Crippen LogP contribution in [0.1, 0.15) is 58.7 Å². The first kappa shape index (κ1) is 16.7. The summed E-state index contributed by atoms with van der Waals surface area (Å²) < 4.78 is 5.89. The van der Waals surface area contributed by atoms with E-state index in [9.17, 15) is 0 Å². The van der Waals surface area contributed by atoms with E-state index < -0.39 is 0 Å². The highest BCUT2D eigenvalue weighted by molar-refractivity contribution is 5.37. The summed E-state index contributed by atoms with van der Waals surface area (Å²) in [6.45, 7) is 7.34. The van der Waals surface area contributed by atoms with Crippen LogP contribution in [0.3, 0.4) is 0 Å². The van der Waals surface area contributed by atoms with Gasteiger partial charge in [0, 0.05) is 19.5 Å². The van der Waals surface area contributed by atoms with E-state index in [4.69, 9.17) is 4.74 Å². The molecule has 0 aromatic carbocycles. The van der Waals surface area contributed by atoms with Crippen molar-refractivity contribution in [2.45, 2.75) is 59.3 Å². The molecule has 0 spiro atoms. The lowest BCUT2D eigenvalue weighted by Crippen LogP contribution is -2.13. The number of nitrogens with one attached hydrogen (secondary N) is 1. The van der Waals surface area contributed by atoms with Crippen LogP contribution < -0.4 is 10.1 Å². The predicted molar refractivity (Wildman–Crippen MR) is 84.4 cm³/mol. The number of hydrogen-bond donors (Lipinski definition) is 1. The highest BCUT2D eigenvalue weighted by Crippen LogP contribution is 2.18. The highest BCUT2D eigenvalue weighted by Gasteiger charge is 2.09. The lowest BCUT2D eigenvalue weighted by atomic mass is 10.0. The monoisotopic (exact) mass is 279 g/mol. The van der Waals surface area contributed by atoms with Gasteiger partial charge in [0.1, 0.15) is 11.6 Å². The molecule has 0 bridgehead atoms. The van der Waals surface area contributed by atoms with Gasteiger partial charge in [0.2, 0.25) is 5.88 Å². The zero-order chi connectivity index (χ0) is 14.8. The molecule has 0 aliphatic rings. The van der Waals surface area contributed by atoms with Crippen molar-refractivity contribution < 1.29 is 4.74 Å². The Morgan fingerprint density at radius 2 is 2.00 bits per heavy atom. The summed E-state index contributed by atoms with van der Waals surface area (Å²) in [4.78, 5) is 8.92. The minimum absolute atomic E-state index is 0.623. The number of aromatic nitrogens is 2. The van der Waals surface area contributed by atoms with E-state index in [1.807, 2.05) is 13.1 Å². The van der Waals surface area contributed by atoms with E-state index in [2.05, 4.69) is 36.1 Å². The third kappa shape index (κ3) is 5.76. The van der Waals surface area contributed by atoms with Crippen LogP contribution in [0, 0.1) is 5.92 Å². The SMILES string of the molecule is CCCCC(CC)COc1cc(NC)nc(CCC)n1. The molecule has 1 rings (SSSR count). The molecule has 0 aliphatic heterocycles. The Hall–Kier alpha value is -1.32. The van der Waals surface area contributed by atoms with Crippen LogP contribution in [0.25, 0.3) is 0 Å². The number of ether oxygens (including phenoxy) is 1. The Kier molecular flexibility index (Phi) is 8.00. The van der Waals surface area contributed by atoms with Crippen molar-refractivity contribution in [3.63, 3.8) is 0 Å². The third-order valence-corrected chi connectivity index (χ3v) is 3.49. The molecule has 0 saturated heterocycles. The van der Waals surface area contributed by atoms with E-state index in [1.165, 1.54) is 19.3 Å². The molecule has 20 heavy (non-hydrogen) atoms. The third-order valence-electron chi connectivity index (χ3n) is 3.49. The fourth-order valence-electron chi connectivity index (χ4n) is 2.11. The Labute approximate surface area is 123 Å². The molecule has 0 amide bonds. The lowest BCUT2D eigenvalue weighted by Gasteiger charge is -2.15. The number of unbranched alkanes of at least 4 members (excludes halogenated alkanes) is 1. The number of nitrogens with zero attached hydrogens (tertiary/aromatic N) is 2. The normalized spacial score (nSPS) is 12.2. The first-order chi connectivity index (χ1) is 9.73. The molecule has 4 nitrogen and oxygen atoms in total. The molecule has 4 heteroatoms. The standard InChI is InChI=1S/C16H29N3O/c1-5-8-10-13(7-3)12-20-16-11-15(17-4)18-14(19-16)9-6-2/h11,13H,5-10,12H2,1-4H3,(H,17,18,19). The van der Waals surface area contributed by atoms with Crippen LogP contribution in [-0.2, 0) is 6.42 Å². The van der Waals surface area contributed by atoms with Crippen molar-refractivity contribution in [1.29, 1.82) is 0 Å². The van der Waals surface area contributed by atoms with Gasteiger partial charge in [0.15, 0.2) is 0 Å². The second-order valence-electron chi connectivity index (χ2n) is 5.24. The van der Waals surface area contributed by atoms with Gasteiger partial charge in [0.25, 0.3) is 0 Å². The van der Waals surface area contributed by atoms with Gasteiger partial charge < -0.3 is 10.1 Å². The van der Waals surface area contributed by atoms with Gasteiger partial charge in [-0.3, -0.25) is 0 Å². The highest BCUT2D eigenvalue weighted by atomic mass is 16.5. The summed E-state index contributed by atoms with van der Waals surface area (Å²) in [7, 11) is 1.87. The first-order valence-corrected chi connectivity index (χ1v) is 7.91. The van der Waals surface area contributed by atoms with Crippen LogP contribution >= 0.6 is 0 Å². The van der Waals surface area contributed by atoms with Crippen molar-refractivity contribution in [3.05, 3.63) is 11.9 Å². The zero-order valence-corrected chi connectivity index (χ0v) is 13.4. The average molecular weight is 279 g/mol. The Bertz CT molecular complexity index is 382. The maximum Gasteiger partial charge on any atom is 0.218 e. The maximum atomic E-state index is 5.89. The van der Waals surface area contributed by atoms with Crippen LogP contribution in [0.4, 0.5) is 5.82 Å². The van der Waals surface area contributed by atoms with Gasteiger partial charge in [-0.1, -0.05) is 40.0 Å². The van der Waals surface area contributed by atoms with Crippen LogP contribution in [0.5, 0.6) is 5.88 Å². The molecule has 114 valence electrons. The molecule has 1 N–H and O–H groups in total. The molecule has 0 fully saturated rings. The second kappa shape index (κ2) is 9.56. The summed E-state index contributed by atoms with van der Waals surface area (Å²) in [5.41, 5.74) is 0. The average Bonchev–Trinajstić information content (AvgIpc) is 2.47. The first-order valence-electron chi connectivity index (χ1n) is 7.91. The van der Waals surface area contributed by atoms with Crippen LogP contribution in [0.15, 0.2) is 6.07 Å². The van der Waals surface area contributed by atoms with E-state index in [-0.39, 0.29) is 0 Å². The number of rotatable bonds is 10. The fraction of sp³-hybridized carbons (Fsp3) is 0.750. The number of anilines is 1. The lowest BCUT2D eigenvalue weighted by molar-refractivity contribution is 0.225. The van der Waals surface area contributed by atoms with Crippen LogP contribution in [-0.4, -0.2) is 23.6 Å². The molecule has 1 aromatic heterocycles. The van der Waals surface area contributed by atoms with Crippen molar-refractivity contribution in [2.75, 3.05) is 19.0 Å². The second-order valence-corrected chi connectivity index (χ2v) is 5.24. The quantitative estimate of drug-likeness (QED) is 0.701. The molecule has 1 aromatic rings. The van der Waals surface area contributed by atoms with Crippen molar-refractivity contribution >= 4 is 5.82 Å². The summed E-state index contributed by atoms with van der Waals surface area (Å²) in [5.74, 6) is 3.01. The minimum Gasteiger partial charge on any atom is -0.477 e. The smallest absolute Gasteiger partial charge is 0.218 e. The molecule has 0 saturated carbocycles. The molecule has 1 heterocycles. The van der Waals surface area contributed by atoms with Gasteiger partial charge in [-0.25, -0.2) is 4.98 Å². The summed E-state index contributed by atoms with van der Waals surface area (Å²) in [6.07, 6.45) is 6.84.